The third-order valence-corrected chi connectivity index (χ3v) is 3.27. The molecule has 0 aromatic heterocycles. The van der Waals surface area contributed by atoms with E-state index in [9.17, 15) is 18.0 Å². The van der Waals surface area contributed by atoms with Crippen molar-refractivity contribution in [2.45, 2.75) is 17.5 Å². The van der Waals surface area contributed by atoms with E-state index in [-0.39, 0.29) is 11.3 Å². The van der Waals surface area contributed by atoms with Crippen molar-refractivity contribution in [2.75, 3.05) is 11.5 Å². The molecule has 0 aliphatic carbocycles. The molecule has 0 saturated carbocycles. The second-order valence-corrected chi connectivity index (χ2v) is 4.60. The first kappa shape index (κ1) is 15.2. The Labute approximate surface area is 111 Å². The highest BCUT2D eigenvalue weighted by atomic mass is 32.2. The number of nitriles is 1. The molecule has 1 aromatic carbocycles. The minimum absolute atomic E-state index is 0.188. The lowest BCUT2D eigenvalue weighted by Gasteiger charge is -2.14. The molecule has 19 heavy (non-hydrogen) atoms. The van der Waals surface area contributed by atoms with Crippen LogP contribution in [0.25, 0.3) is 0 Å². The number of nitrogens with zero attached hydrogens (tertiary/aromatic N) is 1. The molecule has 0 bridgehead atoms. The summed E-state index contributed by atoms with van der Waals surface area (Å²) in [6, 6.07) is 3.68. The summed E-state index contributed by atoms with van der Waals surface area (Å²) in [5.41, 5.74) is 2.83. The number of carbonyl (C=O) groups is 1. The van der Waals surface area contributed by atoms with Gasteiger partial charge < -0.3 is 10.8 Å². The summed E-state index contributed by atoms with van der Waals surface area (Å²) in [6.07, 6.45) is -4.59. The molecule has 3 N–H and O–H groups in total. The van der Waals surface area contributed by atoms with Gasteiger partial charge in [-0.2, -0.15) is 18.4 Å². The average Bonchev–Trinajstić information content (AvgIpc) is 2.29. The van der Waals surface area contributed by atoms with Crippen LogP contribution in [0.2, 0.25) is 0 Å². The molecule has 0 unspecified atom stereocenters. The Hall–Kier alpha value is -1.88. The Balaban J connectivity index is 3.25. The van der Waals surface area contributed by atoms with Gasteiger partial charge >= 0.3 is 12.1 Å². The zero-order valence-electron chi connectivity index (χ0n) is 9.49. The van der Waals surface area contributed by atoms with Crippen molar-refractivity contribution in [1.82, 2.24) is 0 Å². The number of hydrogen-bond acceptors (Lipinski definition) is 4. The summed E-state index contributed by atoms with van der Waals surface area (Å²) in [5, 5.41) is 17.2. The topological polar surface area (TPSA) is 87.1 Å². The van der Waals surface area contributed by atoms with E-state index in [1.54, 1.807) is 0 Å². The van der Waals surface area contributed by atoms with Gasteiger partial charge in [0.15, 0.2) is 0 Å². The summed E-state index contributed by atoms with van der Waals surface area (Å²) in [7, 11) is 0. The number of thioether (sulfide) groups is 1. The van der Waals surface area contributed by atoms with E-state index in [2.05, 4.69) is 0 Å². The lowest BCUT2D eigenvalue weighted by Crippen LogP contribution is -2.15. The highest BCUT2D eigenvalue weighted by molar-refractivity contribution is 7.99. The normalized spacial score (nSPS) is 11.1. The molecule has 0 atom stereocenters. The molecular weight excluding hydrogens is 281 g/mol. The molecule has 0 heterocycles. The van der Waals surface area contributed by atoms with Crippen molar-refractivity contribution in [2.24, 2.45) is 0 Å². The monoisotopic (exact) mass is 290 g/mol. The zero-order chi connectivity index (χ0) is 14.6. The Morgan fingerprint density at radius 1 is 1.47 bits per heavy atom. The van der Waals surface area contributed by atoms with Gasteiger partial charge in [-0.25, -0.2) is 4.79 Å². The Morgan fingerprint density at radius 2 is 2.11 bits per heavy atom. The molecule has 1 rings (SSSR count). The van der Waals surface area contributed by atoms with E-state index in [1.807, 2.05) is 6.07 Å². The molecule has 0 radical (unpaired) electrons. The molecule has 102 valence electrons. The highest BCUT2D eigenvalue weighted by Crippen LogP contribution is 2.38. The van der Waals surface area contributed by atoms with Crippen LogP contribution in [0.1, 0.15) is 22.3 Å². The number of anilines is 1. The summed E-state index contributed by atoms with van der Waals surface area (Å²) in [5.74, 6) is -1.40. The molecule has 0 aliphatic rings. The van der Waals surface area contributed by atoms with E-state index < -0.39 is 29.0 Å². The van der Waals surface area contributed by atoms with Gasteiger partial charge in [0.1, 0.15) is 0 Å². The van der Waals surface area contributed by atoms with Crippen LogP contribution in [0.5, 0.6) is 0 Å². The van der Waals surface area contributed by atoms with Crippen LogP contribution in [0.15, 0.2) is 17.0 Å². The number of aromatic carboxylic acids is 1. The number of benzene rings is 1. The quantitative estimate of drug-likeness (QED) is 0.505. The van der Waals surface area contributed by atoms with Crippen LogP contribution in [-0.4, -0.2) is 16.8 Å². The van der Waals surface area contributed by atoms with Crippen LogP contribution in [0.4, 0.5) is 18.9 Å². The second kappa shape index (κ2) is 5.84. The van der Waals surface area contributed by atoms with E-state index in [0.29, 0.717) is 11.8 Å². The summed E-state index contributed by atoms with van der Waals surface area (Å²) in [6.45, 7) is 0. The third-order valence-electron chi connectivity index (χ3n) is 2.20. The van der Waals surface area contributed by atoms with Crippen molar-refractivity contribution >= 4 is 23.4 Å². The summed E-state index contributed by atoms with van der Waals surface area (Å²) in [4.78, 5) is 11.2. The van der Waals surface area contributed by atoms with Crippen molar-refractivity contribution in [3.8, 4) is 6.07 Å². The number of halogens is 3. The Morgan fingerprint density at radius 3 is 2.58 bits per heavy atom. The lowest BCUT2D eigenvalue weighted by atomic mass is 10.1. The Kier molecular flexibility index (Phi) is 4.67. The predicted molar refractivity (Wildman–Crippen MR) is 63.8 cm³/mol. The van der Waals surface area contributed by atoms with Gasteiger partial charge in [-0.3, -0.25) is 0 Å². The van der Waals surface area contributed by atoms with Crippen molar-refractivity contribution < 1.29 is 23.1 Å². The molecule has 0 amide bonds. The van der Waals surface area contributed by atoms with Gasteiger partial charge in [0, 0.05) is 17.1 Å². The van der Waals surface area contributed by atoms with Crippen molar-refractivity contribution in [3.05, 3.63) is 23.3 Å². The van der Waals surface area contributed by atoms with Crippen molar-refractivity contribution in [3.63, 3.8) is 0 Å². The molecule has 4 nitrogen and oxygen atoms in total. The minimum atomic E-state index is -4.78. The van der Waals surface area contributed by atoms with E-state index in [1.165, 1.54) is 0 Å². The van der Waals surface area contributed by atoms with Crippen LogP contribution < -0.4 is 5.73 Å². The first-order valence-electron chi connectivity index (χ1n) is 5.01. The SMILES string of the molecule is N#CCCSc1ccc(C(F)(F)F)c(C(=O)O)c1N. The van der Waals surface area contributed by atoms with Crippen LogP contribution in [-0.2, 0) is 6.18 Å². The van der Waals surface area contributed by atoms with Gasteiger partial charge in [0.05, 0.1) is 22.9 Å². The largest absolute Gasteiger partial charge is 0.478 e. The molecule has 1 aromatic rings. The number of carboxylic acids is 1. The van der Waals surface area contributed by atoms with Gasteiger partial charge in [-0.05, 0) is 12.1 Å². The summed E-state index contributed by atoms with van der Waals surface area (Å²) >= 11 is 1.04. The van der Waals surface area contributed by atoms with E-state index in [0.717, 1.165) is 17.8 Å². The maximum atomic E-state index is 12.7. The van der Waals surface area contributed by atoms with E-state index in [4.69, 9.17) is 16.1 Å². The number of nitrogens with two attached hydrogens (primary N) is 1. The van der Waals surface area contributed by atoms with E-state index >= 15 is 0 Å². The summed E-state index contributed by atoms with van der Waals surface area (Å²) < 4.78 is 38.0. The average molecular weight is 290 g/mol. The first-order valence-corrected chi connectivity index (χ1v) is 6.00. The zero-order valence-corrected chi connectivity index (χ0v) is 10.3. The molecule has 0 aliphatic heterocycles. The van der Waals surface area contributed by atoms with Gasteiger partial charge in [-0.15, -0.1) is 11.8 Å². The van der Waals surface area contributed by atoms with Crippen molar-refractivity contribution in [1.29, 1.82) is 5.26 Å². The number of carboxylic acid groups (broad SMARTS) is 1. The van der Waals surface area contributed by atoms with Gasteiger partial charge in [-0.1, -0.05) is 0 Å². The first-order chi connectivity index (χ1) is 8.79. The number of hydrogen-bond donors (Lipinski definition) is 2. The maximum absolute atomic E-state index is 12.7. The van der Waals surface area contributed by atoms with Gasteiger partial charge in [0.2, 0.25) is 0 Å². The number of rotatable bonds is 4. The van der Waals surface area contributed by atoms with Crippen LogP contribution in [0, 0.1) is 11.3 Å². The Bertz CT molecular complexity index is 538. The standard InChI is InChI=1S/C11H9F3N2O2S/c12-11(13,14)6-2-3-7(19-5-1-4-15)9(16)8(6)10(17)18/h2-3H,1,5,16H2,(H,17,18). The number of nitrogen functional groups attached to an aromatic ring is 1. The second-order valence-electron chi connectivity index (χ2n) is 3.46. The van der Waals surface area contributed by atoms with Gasteiger partial charge in [0.25, 0.3) is 0 Å². The fraction of sp³-hybridized carbons (Fsp3) is 0.273. The molecule has 0 spiro atoms. The molecule has 0 saturated heterocycles. The maximum Gasteiger partial charge on any atom is 0.417 e. The van der Waals surface area contributed by atoms with Crippen LogP contribution >= 0.6 is 11.8 Å². The number of alkyl halides is 3. The minimum Gasteiger partial charge on any atom is -0.478 e. The lowest BCUT2D eigenvalue weighted by molar-refractivity contribution is -0.138. The third kappa shape index (κ3) is 3.54. The molecule has 8 heteroatoms. The molecule has 0 fully saturated rings. The highest BCUT2D eigenvalue weighted by Gasteiger charge is 2.37. The molecular formula is C11H9F3N2O2S. The van der Waals surface area contributed by atoms with Crippen LogP contribution in [0.3, 0.4) is 0 Å². The smallest absolute Gasteiger partial charge is 0.417 e. The fourth-order valence-corrected chi connectivity index (χ4v) is 2.23. The fourth-order valence-electron chi connectivity index (χ4n) is 1.40. The predicted octanol–water partition coefficient (Wildman–Crippen LogP) is 2.99.